The van der Waals surface area contributed by atoms with E-state index in [9.17, 15) is 0 Å². The van der Waals surface area contributed by atoms with Crippen molar-refractivity contribution >= 4 is 21.6 Å². The van der Waals surface area contributed by atoms with Crippen molar-refractivity contribution in [3.63, 3.8) is 0 Å². The van der Waals surface area contributed by atoms with Gasteiger partial charge >= 0.3 is 0 Å². The van der Waals surface area contributed by atoms with E-state index in [1.165, 1.54) is 0 Å². The Morgan fingerprint density at radius 1 is 1.30 bits per heavy atom. The van der Waals surface area contributed by atoms with Gasteiger partial charge in [-0.25, -0.2) is 0 Å². The molecule has 0 amide bonds. The summed E-state index contributed by atoms with van der Waals surface area (Å²) in [5.74, 6) is 1.52. The molecule has 2 aromatic rings. The Bertz CT molecular complexity index is 611. The van der Waals surface area contributed by atoms with Crippen LogP contribution >= 0.6 is 15.9 Å². The number of hydrogen-bond donors (Lipinski definition) is 1. The van der Waals surface area contributed by atoms with Crippen LogP contribution in [0.15, 0.2) is 22.7 Å². The molecule has 0 atom stereocenters. The number of hydrogen-bond acceptors (Lipinski definition) is 4. The van der Waals surface area contributed by atoms with Gasteiger partial charge in [-0.2, -0.15) is 5.10 Å². The van der Waals surface area contributed by atoms with Crippen molar-refractivity contribution < 1.29 is 9.47 Å². The molecule has 1 aromatic carbocycles. The van der Waals surface area contributed by atoms with Crippen LogP contribution in [0.2, 0.25) is 0 Å². The van der Waals surface area contributed by atoms with Crippen LogP contribution in [0.3, 0.4) is 0 Å². The zero-order valence-corrected chi connectivity index (χ0v) is 13.6. The average molecular weight is 340 g/mol. The van der Waals surface area contributed by atoms with E-state index in [-0.39, 0.29) is 0 Å². The van der Waals surface area contributed by atoms with Crippen molar-refractivity contribution in [2.24, 2.45) is 7.05 Å². The number of halogens is 1. The van der Waals surface area contributed by atoms with Crippen LogP contribution in [0.4, 0.5) is 5.69 Å². The van der Waals surface area contributed by atoms with Gasteiger partial charge in [0.2, 0.25) is 0 Å². The summed E-state index contributed by atoms with van der Waals surface area (Å²) in [6, 6.07) is 5.69. The second-order valence-electron chi connectivity index (χ2n) is 4.39. The van der Waals surface area contributed by atoms with E-state index < -0.39 is 0 Å². The van der Waals surface area contributed by atoms with Gasteiger partial charge in [-0.05, 0) is 35.0 Å². The molecule has 6 heteroatoms. The number of methoxy groups -OCH3 is 2. The topological polar surface area (TPSA) is 48.3 Å². The van der Waals surface area contributed by atoms with E-state index in [1.807, 2.05) is 36.9 Å². The molecule has 0 saturated heterocycles. The summed E-state index contributed by atoms with van der Waals surface area (Å²) in [6.07, 6.45) is 0. The van der Waals surface area contributed by atoms with Gasteiger partial charge in [-0.15, -0.1) is 0 Å². The summed E-state index contributed by atoms with van der Waals surface area (Å²) in [6.45, 7) is 2.63. The highest BCUT2D eigenvalue weighted by atomic mass is 79.9. The number of benzene rings is 1. The van der Waals surface area contributed by atoms with E-state index in [4.69, 9.17) is 9.47 Å². The number of ether oxygens (including phenoxy) is 2. The van der Waals surface area contributed by atoms with E-state index in [0.717, 1.165) is 33.0 Å². The number of nitrogens with one attached hydrogen (secondary N) is 1. The third kappa shape index (κ3) is 2.90. The Hall–Kier alpha value is -1.69. The number of aromatic nitrogens is 2. The normalized spacial score (nSPS) is 10.4. The number of anilines is 1. The molecule has 2 rings (SSSR count). The predicted molar refractivity (Wildman–Crippen MR) is 82.5 cm³/mol. The molecule has 0 spiro atoms. The molecule has 0 unspecified atom stereocenters. The quantitative estimate of drug-likeness (QED) is 0.909. The molecular weight excluding hydrogens is 322 g/mol. The molecule has 108 valence electrons. The van der Waals surface area contributed by atoms with Crippen LogP contribution in [-0.4, -0.2) is 24.0 Å². The molecule has 0 aliphatic heterocycles. The van der Waals surface area contributed by atoms with Gasteiger partial charge in [0, 0.05) is 13.1 Å². The highest BCUT2D eigenvalue weighted by Gasteiger charge is 2.11. The Balaban J connectivity index is 2.18. The van der Waals surface area contributed by atoms with Crippen molar-refractivity contribution in [1.29, 1.82) is 0 Å². The summed E-state index contributed by atoms with van der Waals surface area (Å²) in [5.41, 5.74) is 2.98. The van der Waals surface area contributed by atoms with Gasteiger partial charge in [0.1, 0.15) is 11.5 Å². The minimum atomic E-state index is 0.653. The van der Waals surface area contributed by atoms with Crippen molar-refractivity contribution in [2.75, 3.05) is 19.5 Å². The Morgan fingerprint density at radius 2 is 2.05 bits per heavy atom. The lowest BCUT2D eigenvalue weighted by atomic mass is 10.2. The standard InChI is InChI=1S/C14H18BrN3O2/c1-9-14(15)12(18(2)17-9)8-16-11-6-5-10(19-3)7-13(11)20-4/h5-7,16H,8H2,1-4H3. The first-order valence-electron chi connectivity index (χ1n) is 6.20. The first kappa shape index (κ1) is 14.7. The lowest BCUT2D eigenvalue weighted by Gasteiger charge is -2.12. The lowest BCUT2D eigenvalue weighted by Crippen LogP contribution is -2.07. The molecule has 1 heterocycles. The van der Waals surface area contributed by atoms with Crippen LogP contribution in [0.25, 0.3) is 0 Å². The van der Waals surface area contributed by atoms with Crippen LogP contribution in [0.1, 0.15) is 11.4 Å². The third-order valence-electron chi connectivity index (χ3n) is 3.12. The summed E-state index contributed by atoms with van der Waals surface area (Å²) < 4.78 is 13.4. The van der Waals surface area contributed by atoms with Crippen molar-refractivity contribution in [3.05, 3.63) is 34.1 Å². The first-order valence-corrected chi connectivity index (χ1v) is 7.00. The van der Waals surface area contributed by atoms with Crippen LogP contribution in [0.5, 0.6) is 11.5 Å². The fourth-order valence-corrected chi connectivity index (χ4v) is 2.47. The maximum atomic E-state index is 5.37. The molecule has 0 fully saturated rings. The molecule has 0 bridgehead atoms. The Morgan fingerprint density at radius 3 is 2.60 bits per heavy atom. The fraction of sp³-hybridized carbons (Fsp3) is 0.357. The van der Waals surface area contributed by atoms with Crippen LogP contribution in [0, 0.1) is 6.92 Å². The third-order valence-corrected chi connectivity index (χ3v) is 4.15. The molecule has 0 radical (unpaired) electrons. The molecule has 1 N–H and O–H groups in total. The second-order valence-corrected chi connectivity index (χ2v) is 5.18. The van der Waals surface area contributed by atoms with Crippen LogP contribution in [-0.2, 0) is 13.6 Å². The maximum Gasteiger partial charge on any atom is 0.145 e. The molecule has 0 aliphatic carbocycles. The van der Waals surface area contributed by atoms with Crippen molar-refractivity contribution in [3.8, 4) is 11.5 Å². The molecule has 1 aromatic heterocycles. The highest BCUT2D eigenvalue weighted by Crippen LogP contribution is 2.30. The zero-order chi connectivity index (χ0) is 14.7. The lowest BCUT2D eigenvalue weighted by molar-refractivity contribution is 0.395. The van der Waals surface area contributed by atoms with Crippen molar-refractivity contribution in [1.82, 2.24) is 9.78 Å². The first-order chi connectivity index (χ1) is 9.56. The molecular formula is C14H18BrN3O2. The molecule has 5 nitrogen and oxygen atoms in total. The summed E-state index contributed by atoms with van der Waals surface area (Å²) >= 11 is 3.56. The minimum Gasteiger partial charge on any atom is -0.497 e. The van der Waals surface area contributed by atoms with Gasteiger partial charge in [0.15, 0.2) is 0 Å². The monoisotopic (exact) mass is 339 g/mol. The number of rotatable bonds is 5. The van der Waals surface area contributed by atoms with E-state index in [0.29, 0.717) is 6.54 Å². The molecule has 0 aliphatic rings. The van der Waals surface area contributed by atoms with Gasteiger partial charge in [-0.3, -0.25) is 4.68 Å². The summed E-state index contributed by atoms with van der Waals surface area (Å²) in [4.78, 5) is 0. The largest absolute Gasteiger partial charge is 0.497 e. The van der Waals surface area contributed by atoms with Gasteiger partial charge in [-0.1, -0.05) is 0 Å². The summed E-state index contributed by atoms with van der Waals surface area (Å²) in [5, 5.41) is 7.73. The zero-order valence-electron chi connectivity index (χ0n) is 12.0. The predicted octanol–water partition coefficient (Wildman–Crippen LogP) is 3.12. The Kier molecular flexibility index (Phi) is 4.54. The Labute approximate surface area is 127 Å². The average Bonchev–Trinajstić information content (AvgIpc) is 2.70. The van der Waals surface area contributed by atoms with Crippen molar-refractivity contribution in [2.45, 2.75) is 13.5 Å². The van der Waals surface area contributed by atoms with E-state index in [1.54, 1.807) is 14.2 Å². The minimum absolute atomic E-state index is 0.653. The number of aryl methyl sites for hydroxylation is 2. The fourth-order valence-electron chi connectivity index (χ4n) is 2.00. The maximum absolute atomic E-state index is 5.37. The molecule has 0 saturated carbocycles. The smallest absolute Gasteiger partial charge is 0.145 e. The highest BCUT2D eigenvalue weighted by molar-refractivity contribution is 9.10. The van der Waals surface area contributed by atoms with Gasteiger partial charge < -0.3 is 14.8 Å². The van der Waals surface area contributed by atoms with Crippen LogP contribution < -0.4 is 14.8 Å². The second kappa shape index (κ2) is 6.17. The van der Waals surface area contributed by atoms with E-state index >= 15 is 0 Å². The summed E-state index contributed by atoms with van der Waals surface area (Å²) in [7, 11) is 5.21. The SMILES string of the molecule is COc1ccc(NCc2c(Br)c(C)nn2C)c(OC)c1. The number of nitrogens with zero attached hydrogens (tertiary/aromatic N) is 2. The van der Waals surface area contributed by atoms with Gasteiger partial charge in [0.05, 0.1) is 42.3 Å². The van der Waals surface area contributed by atoms with Gasteiger partial charge in [0.25, 0.3) is 0 Å². The molecule has 20 heavy (non-hydrogen) atoms. The van der Waals surface area contributed by atoms with E-state index in [2.05, 4.69) is 26.3 Å².